The first-order chi connectivity index (χ1) is 22.8. The van der Waals surface area contributed by atoms with Gasteiger partial charge in [-0.3, -0.25) is 20.0 Å². The summed E-state index contributed by atoms with van der Waals surface area (Å²) >= 11 is 0. The molecule has 5 heterocycles. The monoisotopic (exact) mass is 645 g/mol. The number of hydrazine groups is 3. The number of hydrogen-bond donors (Lipinski definition) is 1. The van der Waals surface area contributed by atoms with E-state index >= 15 is 0 Å². The van der Waals surface area contributed by atoms with E-state index in [0.29, 0.717) is 12.1 Å². The Morgan fingerprint density at radius 3 is 1.46 bits per heavy atom. The van der Waals surface area contributed by atoms with Gasteiger partial charge in [0.15, 0.2) is 0 Å². The first kappa shape index (κ1) is 37.1. The molecule has 0 fully saturated rings. The molecule has 4 aliphatic rings. The second kappa shape index (κ2) is 18.1. The Bertz CT molecular complexity index is 1600. The van der Waals surface area contributed by atoms with Gasteiger partial charge in [0.05, 0.1) is 11.0 Å². The van der Waals surface area contributed by atoms with Crippen LogP contribution in [0, 0.1) is 0 Å². The summed E-state index contributed by atoms with van der Waals surface area (Å²) in [6.07, 6.45) is 32.9. The molecule has 0 bridgehead atoms. The topological polar surface area (TPSA) is 63.3 Å². The minimum Gasteiger partial charge on any atom is -0.294 e. The molecule has 0 atom stereocenters. The minimum absolute atomic E-state index is 0.496. The molecule has 0 aliphatic carbocycles. The van der Waals surface area contributed by atoms with Crippen LogP contribution in [0.4, 0.5) is 0 Å². The number of rotatable bonds is 5. The molecule has 9 heteroatoms. The maximum Gasteiger partial charge on any atom is 0.116 e. The lowest BCUT2D eigenvalue weighted by molar-refractivity contribution is 0.000283. The predicted molar refractivity (Wildman–Crippen MR) is 203 cm³/mol. The fourth-order valence-corrected chi connectivity index (χ4v) is 4.64. The van der Waals surface area contributed by atoms with Crippen LogP contribution in [0.3, 0.4) is 0 Å². The summed E-state index contributed by atoms with van der Waals surface area (Å²) in [7, 11) is 3.98. The lowest BCUT2D eigenvalue weighted by Gasteiger charge is -2.39. The van der Waals surface area contributed by atoms with Gasteiger partial charge in [0.25, 0.3) is 0 Å². The third kappa shape index (κ3) is 11.5. The van der Waals surface area contributed by atoms with E-state index in [-0.39, 0.29) is 0 Å². The Morgan fingerprint density at radius 2 is 1.02 bits per heavy atom. The molecule has 1 aromatic carbocycles. The standard InChI is InChI=1S/C13H11N3.C12H20N2.C8H12N2.C6H8N2/c1-11-6-8-15(9-7-11)16-10-14-12-4-2-3-5-13(12)16;1-10(2)14(11(3)4)13-8-6-12(5)7-9-13;1-8-4-6-10(7-5-8)9(2)3;1-6-2-4-8(7)5-3-6/h2-10H,1H2;6-11H,5H2,1-4H3;4-7H,1H2,2-3H3;2-5H,1,7H2. The molecule has 0 saturated heterocycles. The second-order valence-corrected chi connectivity index (χ2v) is 11.9. The van der Waals surface area contributed by atoms with Crippen LogP contribution < -0.4 is 10.9 Å². The molecule has 2 N–H and O–H groups in total. The van der Waals surface area contributed by atoms with Crippen molar-refractivity contribution in [2.75, 3.05) is 19.1 Å². The fraction of sp³-hybridized carbons (Fsp3) is 0.205. The largest absolute Gasteiger partial charge is 0.294 e. The highest BCUT2D eigenvalue weighted by atomic mass is 15.6. The normalized spacial score (nSPS) is 16.3. The fourth-order valence-electron chi connectivity index (χ4n) is 4.64. The number of allylic oxidation sites excluding steroid dienone is 12. The van der Waals surface area contributed by atoms with Crippen molar-refractivity contribution < 1.29 is 0 Å². The van der Waals surface area contributed by atoms with Gasteiger partial charge in [0, 0.05) is 75.8 Å². The van der Waals surface area contributed by atoms with Crippen molar-refractivity contribution in [3.63, 3.8) is 0 Å². The molecule has 9 nitrogen and oxygen atoms in total. The molecule has 0 saturated carbocycles. The van der Waals surface area contributed by atoms with E-state index in [4.69, 9.17) is 5.84 Å². The molecule has 4 aliphatic heterocycles. The average Bonchev–Trinajstić information content (AvgIpc) is 3.49. The lowest BCUT2D eigenvalue weighted by Crippen LogP contribution is -2.45. The van der Waals surface area contributed by atoms with Gasteiger partial charge in [-0.25, -0.2) is 25.5 Å². The molecule has 0 unspecified atom stereocenters. The van der Waals surface area contributed by atoms with E-state index in [1.54, 1.807) is 12.4 Å². The third-order valence-electron chi connectivity index (χ3n) is 7.04. The van der Waals surface area contributed by atoms with Gasteiger partial charge >= 0.3 is 0 Å². The number of hydrogen-bond acceptors (Lipinski definition) is 8. The van der Waals surface area contributed by atoms with E-state index < -0.39 is 0 Å². The number of aromatic nitrogens is 2. The van der Waals surface area contributed by atoms with Crippen LogP contribution in [0.2, 0.25) is 0 Å². The zero-order chi connectivity index (χ0) is 35.2. The Kier molecular flexibility index (Phi) is 14.0. The van der Waals surface area contributed by atoms with Gasteiger partial charge in [-0.2, -0.15) is 0 Å². The molecule has 1 aromatic heterocycles. The number of nitrogens with two attached hydrogens (primary N) is 1. The van der Waals surface area contributed by atoms with Crippen LogP contribution in [0.1, 0.15) is 27.7 Å². The van der Waals surface area contributed by atoms with Crippen LogP contribution >= 0.6 is 0 Å². The highest BCUT2D eigenvalue weighted by Gasteiger charge is 2.18. The van der Waals surface area contributed by atoms with Crippen molar-refractivity contribution in [2.45, 2.75) is 39.8 Å². The second-order valence-electron chi connectivity index (χ2n) is 11.9. The summed E-state index contributed by atoms with van der Waals surface area (Å²) in [6, 6.07) is 9.04. The third-order valence-corrected chi connectivity index (χ3v) is 7.04. The Hall–Kier alpha value is -5.35. The van der Waals surface area contributed by atoms with Gasteiger partial charge in [0.1, 0.15) is 6.33 Å². The number of imidazole rings is 1. The van der Waals surface area contributed by atoms with E-state index in [2.05, 4.69) is 81.4 Å². The SMILES string of the molecule is C=C1C=CN(N(C(C)C)C(C)C)C=C1.C=C1C=CN(N(C)C)C=C1.C=C1C=CN(N)C=C1.C=C1C=CN(n2cnc3ccccc32)C=C1. The maximum atomic E-state index is 5.32. The van der Waals surface area contributed by atoms with E-state index in [1.807, 2.05) is 138 Å². The van der Waals surface area contributed by atoms with E-state index in [9.17, 15) is 0 Å². The van der Waals surface area contributed by atoms with Crippen LogP contribution in [-0.4, -0.2) is 60.9 Å². The van der Waals surface area contributed by atoms with Crippen LogP contribution in [0.5, 0.6) is 0 Å². The zero-order valence-electron chi connectivity index (χ0n) is 29.3. The van der Waals surface area contributed by atoms with Crippen molar-refractivity contribution in [3.8, 4) is 0 Å². The molecule has 252 valence electrons. The van der Waals surface area contributed by atoms with Crippen molar-refractivity contribution in [3.05, 3.63) is 177 Å². The van der Waals surface area contributed by atoms with Crippen molar-refractivity contribution >= 4 is 11.0 Å². The van der Waals surface area contributed by atoms with Crippen molar-refractivity contribution in [1.82, 2.24) is 34.7 Å². The molecule has 6 rings (SSSR count). The first-order valence-corrected chi connectivity index (χ1v) is 15.8. The molecule has 0 amide bonds. The number of benzene rings is 1. The van der Waals surface area contributed by atoms with Crippen molar-refractivity contribution in [2.24, 2.45) is 5.84 Å². The van der Waals surface area contributed by atoms with Gasteiger partial charge in [-0.05, 0) is 111 Å². The van der Waals surface area contributed by atoms with E-state index in [1.165, 1.54) is 5.01 Å². The molecule has 48 heavy (non-hydrogen) atoms. The first-order valence-electron chi connectivity index (χ1n) is 15.8. The Balaban J connectivity index is 0.000000180. The molecular weight excluding hydrogens is 594 g/mol. The van der Waals surface area contributed by atoms with E-state index in [0.717, 1.165) is 33.3 Å². The Morgan fingerprint density at radius 1 is 0.604 bits per heavy atom. The quantitative estimate of drug-likeness (QED) is 0.334. The minimum atomic E-state index is 0.496. The Labute approximate surface area is 287 Å². The number of nitrogens with zero attached hydrogens (tertiary/aromatic N) is 8. The number of fused-ring (bicyclic) bond motifs is 1. The van der Waals surface area contributed by atoms with Crippen LogP contribution in [0.15, 0.2) is 177 Å². The lowest BCUT2D eigenvalue weighted by atomic mass is 10.2. The van der Waals surface area contributed by atoms with Crippen LogP contribution in [-0.2, 0) is 0 Å². The van der Waals surface area contributed by atoms with Crippen molar-refractivity contribution in [1.29, 1.82) is 0 Å². The van der Waals surface area contributed by atoms with Gasteiger partial charge < -0.3 is 0 Å². The average molecular weight is 646 g/mol. The smallest absolute Gasteiger partial charge is 0.116 e. The highest BCUT2D eigenvalue weighted by molar-refractivity contribution is 5.75. The van der Waals surface area contributed by atoms with Crippen LogP contribution in [0.25, 0.3) is 11.0 Å². The summed E-state index contributed by atoms with van der Waals surface area (Å²) < 4.78 is 1.99. The predicted octanol–water partition coefficient (Wildman–Crippen LogP) is 7.61. The zero-order valence-corrected chi connectivity index (χ0v) is 29.3. The van der Waals surface area contributed by atoms with Gasteiger partial charge in [-0.15, -0.1) is 0 Å². The number of para-hydroxylation sites is 2. The highest BCUT2D eigenvalue weighted by Crippen LogP contribution is 2.17. The summed E-state index contributed by atoms with van der Waals surface area (Å²) in [5.74, 6) is 5.32. The summed E-state index contributed by atoms with van der Waals surface area (Å²) in [5.41, 5.74) is 6.15. The molecular formula is C39H51N9. The van der Waals surface area contributed by atoms with Gasteiger partial charge in [-0.1, -0.05) is 38.4 Å². The summed E-state index contributed by atoms with van der Waals surface area (Å²) in [4.78, 5) is 4.34. The summed E-state index contributed by atoms with van der Waals surface area (Å²) in [5, 5.41) is 11.9. The maximum absolute atomic E-state index is 5.32. The molecule has 0 radical (unpaired) electrons. The molecule has 0 spiro atoms. The molecule has 2 aromatic rings. The summed E-state index contributed by atoms with van der Waals surface area (Å²) in [6.45, 7) is 24.0. The van der Waals surface area contributed by atoms with Gasteiger partial charge in [0.2, 0.25) is 0 Å².